The number of aliphatic hydroxyl groups is 1. The van der Waals surface area contributed by atoms with Gasteiger partial charge in [-0.05, 0) is 29.8 Å². The van der Waals surface area contributed by atoms with Gasteiger partial charge in [-0.3, -0.25) is 4.68 Å². The van der Waals surface area contributed by atoms with E-state index in [-0.39, 0.29) is 12.6 Å². The molecular weight excluding hydrogens is 246 g/mol. The first-order valence-electron chi connectivity index (χ1n) is 4.66. The molecule has 2 N–H and O–H groups in total. The van der Waals surface area contributed by atoms with Crippen LogP contribution in [0.5, 0.6) is 0 Å². The van der Waals surface area contributed by atoms with E-state index in [0.717, 1.165) is 11.0 Å². The van der Waals surface area contributed by atoms with E-state index in [1.807, 2.05) is 17.8 Å². The lowest BCUT2D eigenvalue weighted by Gasteiger charge is -2.17. The molecule has 5 heteroatoms. The molecule has 1 aromatic heterocycles. The molecule has 0 radical (unpaired) electrons. The third kappa shape index (κ3) is 3.77. The first-order chi connectivity index (χ1) is 6.61. The Hall–Kier alpha value is -0.390. The van der Waals surface area contributed by atoms with Gasteiger partial charge in [0.2, 0.25) is 0 Å². The lowest BCUT2D eigenvalue weighted by atomic mass is 10.2. The van der Waals surface area contributed by atoms with Gasteiger partial charge in [0.25, 0.3) is 0 Å². The maximum atomic E-state index is 8.86. The van der Waals surface area contributed by atoms with Crippen molar-refractivity contribution in [3.8, 4) is 0 Å². The van der Waals surface area contributed by atoms with E-state index in [1.165, 1.54) is 0 Å². The van der Waals surface area contributed by atoms with Crippen LogP contribution in [0.4, 0.5) is 0 Å². The second kappa shape index (κ2) is 5.48. The van der Waals surface area contributed by atoms with E-state index in [2.05, 4.69) is 33.3 Å². The maximum absolute atomic E-state index is 8.86. The van der Waals surface area contributed by atoms with Crippen LogP contribution in [0.1, 0.15) is 13.8 Å². The molecule has 4 nitrogen and oxygen atoms in total. The molecule has 1 rings (SSSR count). The molecule has 0 aromatic carbocycles. The number of nitrogens with zero attached hydrogens (tertiary/aromatic N) is 2. The Labute approximate surface area is 92.4 Å². The van der Waals surface area contributed by atoms with E-state index in [9.17, 15) is 0 Å². The quantitative estimate of drug-likeness (QED) is 0.832. The standard InChI is InChI=1S/C9H16BrN3O/c1-7(12-8(2)6-14)4-13-5-9(10)3-11-13/h3,5,7-8,12,14H,4,6H2,1-2H3/t7?,8-/m1/s1. The molecule has 14 heavy (non-hydrogen) atoms. The summed E-state index contributed by atoms with van der Waals surface area (Å²) >= 11 is 3.34. The SMILES string of the molecule is CC(Cn1cc(Br)cn1)N[C@H](C)CO. The summed E-state index contributed by atoms with van der Waals surface area (Å²) in [6.45, 7) is 4.99. The van der Waals surface area contributed by atoms with E-state index in [0.29, 0.717) is 6.04 Å². The molecule has 0 aliphatic heterocycles. The van der Waals surface area contributed by atoms with Gasteiger partial charge in [0.05, 0.1) is 23.8 Å². The Kier molecular flexibility index (Phi) is 4.57. The van der Waals surface area contributed by atoms with Gasteiger partial charge in [-0.1, -0.05) is 0 Å². The van der Waals surface area contributed by atoms with Gasteiger partial charge in [0.1, 0.15) is 0 Å². The lowest BCUT2D eigenvalue weighted by molar-refractivity contribution is 0.238. The van der Waals surface area contributed by atoms with E-state index >= 15 is 0 Å². The summed E-state index contributed by atoms with van der Waals surface area (Å²) < 4.78 is 2.85. The van der Waals surface area contributed by atoms with Gasteiger partial charge in [0, 0.05) is 18.3 Å². The molecule has 0 bridgehead atoms. The van der Waals surface area contributed by atoms with Crippen molar-refractivity contribution in [2.24, 2.45) is 0 Å². The summed E-state index contributed by atoms with van der Waals surface area (Å²) in [7, 11) is 0. The smallest absolute Gasteiger partial charge is 0.0632 e. The Morgan fingerprint density at radius 3 is 2.79 bits per heavy atom. The van der Waals surface area contributed by atoms with Crippen LogP contribution < -0.4 is 5.32 Å². The average Bonchev–Trinajstić information content (AvgIpc) is 2.50. The highest BCUT2D eigenvalue weighted by Gasteiger charge is 2.07. The van der Waals surface area contributed by atoms with Crippen LogP contribution in [0.3, 0.4) is 0 Å². The van der Waals surface area contributed by atoms with Gasteiger partial charge >= 0.3 is 0 Å². The fourth-order valence-electron chi connectivity index (χ4n) is 1.31. The zero-order chi connectivity index (χ0) is 10.6. The molecular formula is C9H16BrN3O. The van der Waals surface area contributed by atoms with E-state index < -0.39 is 0 Å². The first-order valence-corrected chi connectivity index (χ1v) is 5.46. The van der Waals surface area contributed by atoms with Crippen molar-refractivity contribution in [3.63, 3.8) is 0 Å². The Morgan fingerprint density at radius 2 is 2.29 bits per heavy atom. The summed E-state index contributed by atoms with van der Waals surface area (Å²) in [4.78, 5) is 0. The highest BCUT2D eigenvalue weighted by molar-refractivity contribution is 9.10. The molecule has 0 aliphatic carbocycles. The minimum absolute atomic E-state index is 0.129. The van der Waals surface area contributed by atoms with Gasteiger partial charge in [-0.2, -0.15) is 5.10 Å². The normalized spacial score (nSPS) is 15.4. The van der Waals surface area contributed by atoms with Crippen molar-refractivity contribution in [1.82, 2.24) is 15.1 Å². The van der Waals surface area contributed by atoms with Crippen molar-refractivity contribution in [2.75, 3.05) is 6.61 Å². The van der Waals surface area contributed by atoms with Crippen LogP contribution in [0, 0.1) is 0 Å². The predicted octanol–water partition coefficient (Wildman–Crippen LogP) is 1.00. The fraction of sp³-hybridized carbons (Fsp3) is 0.667. The van der Waals surface area contributed by atoms with Crippen LogP contribution in [0.15, 0.2) is 16.9 Å². The van der Waals surface area contributed by atoms with Crippen molar-refractivity contribution >= 4 is 15.9 Å². The second-order valence-corrected chi connectivity index (χ2v) is 4.45. The van der Waals surface area contributed by atoms with E-state index in [1.54, 1.807) is 6.20 Å². The molecule has 1 unspecified atom stereocenters. The van der Waals surface area contributed by atoms with Crippen molar-refractivity contribution in [3.05, 3.63) is 16.9 Å². The van der Waals surface area contributed by atoms with Crippen LogP contribution in [-0.2, 0) is 6.54 Å². The zero-order valence-electron chi connectivity index (χ0n) is 8.44. The van der Waals surface area contributed by atoms with Gasteiger partial charge in [0.15, 0.2) is 0 Å². The summed E-state index contributed by atoms with van der Waals surface area (Å²) in [5.74, 6) is 0. The fourth-order valence-corrected chi connectivity index (χ4v) is 1.64. The molecule has 0 saturated carbocycles. The number of aliphatic hydroxyl groups excluding tert-OH is 1. The third-order valence-electron chi connectivity index (χ3n) is 1.91. The van der Waals surface area contributed by atoms with Crippen LogP contribution >= 0.6 is 15.9 Å². The highest BCUT2D eigenvalue weighted by atomic mass is 79.9. The first kappa shape index (κ1) is 11.7. The largest absolute Gasteiger partial charge is 0.395 e. The average molecular weight is 262 g/mol. The molecule has 0 aliphatic rings. The summed E-state index contributed by atoms with van der Waals surface area (Å²) in [6.07, 6.45) is 3.70. The van der Waals surface area contributed by atoms with Crippen LogP contribution in [-0.4, -0.2) is 33.6 Å². The summed E-state index contributed by atoms with van der Waals surface area (Å²) in [5.41, 5.74) is 0. The Morgan fingerprint density at radius 1 is 1.57 bits per heavy atom. The molecule has 0 fully saturated rings. The minimum Gasteiger partial charge on any atom is -0.395 e. The molecule has 0 spiro atoms. The van der Waals surface area contributed by atoms with Crippen LogP contribution in [0.2, 0.25) is 0 Å². The van der Waals surface area contributed by atoms with Crippen LogP contribution in [0.25, 0.3) is 0 Å². The molecule has 0 amide bonds. The lowest BCUT2D eigenvalue weighted by Crippen LogP contribution is -2.39. The predicted molar refractivity (Wildman–Crippen MR) is 59.1 cm³/mol. The summed E-state index contributed by atoms with van der Waals surface area (Å²) in [6, 6.07) is 0.424. The molecule has 1 heterocycles. The van der Waals surface area contributed by atoms with Crippen molar-refractivity contribution in [1.29, 1.82) is 0 Å². The number of hydrogen-bond donors (Lipinski definition) is 2. The Bertz CT molecular complexity index is 277. The number of halogens is 1. The number of rotatable bonds is 5. The number of hydrogen-bond acceptors (Lipinski definition) is 3. The monoisotopic (exact) mass is 261 g/mol. The highest BCUT2D eigenvalue weighted by Crippen LogP contribution is 2.06. The second-order valence-electron chi connectivity index (χ2n) is 3.53. The van der Waals surface area contributed by atoms with Gasteiger partial charge < -0.3 is 10.4 Å². The maximum Gasteiger partial charge on any atom is 0.0632 e. The van der Waals surface area contributed by atoms with E-state index in [4.69, 9.17) is 5.11 Å². The molecule has 0 saturated heterocycles. The Balaban J connectivity index is 2.37. The topological polar surface area (TPSA) is 50.1 Å². The minimum atomic E-state index is 0.129. The van der Waals surface area contributed by atoms with Gasteiger partial charge in [-0.15, -0.1) is 0 Å². The number of aromatic nitrogens is 2. The molecule has 1 aromatic rings. The third-order valence-corrected chi connectivity index (χ3v) is 2.32. The van der Waals surface area contributed by atoms with Crippen molar-refractivity contribution in [2.45, 2.75) is 32.5 Å². The number of nitrogens with one attached hydrogen (secondary N) is 1. The van der Waals surface area contributed by atoms with Gasteiger partial charge in [-0.25, -0.2) is 0 Å². The molecule has 2 atom stereocenters. The van der Waals surface area contributed by atoms with Crippen molar-refractivity contribution < 1.29 is 5.11 Å². The zero-order valence-corrected chi connectivity index (χ0v) is 10.0. The molecule has 80 valence electrons. The summed E-state index contributed by atoms with van der Waals surface area (Å²) in [5, 5.41) is 16.3.